The molecule has 0 radical (unpaired) electrons. The van der Waals surface area contributed by atoms with Crippen LogP contribution in [0.4, 0.5) is 8.78 Å². The van der Waals surface area contributed by atoms with E-state index in [-0.39, 0.29) is 24.0 Å². The number of rotatable bonds is 12. The number of aromatic nitrogens is 3. The minimum absolute atomic E-state index is 0.0203. The van der Waals surface area contributed by atoms with Gasteiger partial charge in [0.05, 0.1) is 26.4 Å². The van der Waals surface area contributed by atoms with Gasteiger partial charge in [0, 0.05) is 26.0 Å². The third-order valence-electron chi connectivity index (χ3n) is 5.28. The van der Waals surface area contributed by atoms with E-state index in [1.807, 2.05) is 16.5 Å². The van der Waals surface area contributed by atoms with Crippen LogP contribution in [0.25, 0.3) is 0 Å². The van der Waals surface area contributed by atoms with Gasteiger partial charge >= 0.3 is 6.61 Å². The van der Waals surface area contributed by atoms with Crippen LogP contribution in [0, 0.1) is 4.77 Å². The summed E-state index contributed by atoms with van der Waals surface area (Å²) in [6.07, 6.45) is 2.61. The molecule has 1 aromatic heterocycles. The van der Waals surface area contributed by atoms with Crippen LogP contribution in [0.1, 0.15) is 30.7 Å². The molecule has 33 heavy (non-hydrogen) atoms. The fourth-order valence-electron chi connectivity index (χ4n) is 3.77. The van der Waals surface area contributed by atoms with Crippen LogP contribution in [0.15, 0.2) is 18.2 Å². The lowest BCUT2D eigenvalue weighted by atomic mass is 10.2. The van der Waals surface area contributed by atoms with Crippen molar-refractivity contribution in [2.75, 3.05) is 20.8 Å². The van der Waals surface area contributed by atoms with Gasteiger partial charge in [-0.25, -0.2) is 4.68 Å². The lowest BCUT2D eigenvalue weighted by Crippen LogP contribution is -2.23. The van der Waals surface area contributed by atoms with Crippen LogP contribution in [-0.2, 0) is 35.7 Å². The van der Waals surface area contributed by atoms with Gasteiger partial charge in [-0.1, -0.05) is 6.07 Å². The largest absolute Gasteiger partial charge is 0.493 e. The van der Waals surface area contributed by atoms with Crippen LogP contribution in [0.3, 0.4) is 0 Å². The molecule has 9 nitrogen and oxygen atoms in total. The summed E-state index contributed by atoms with van der Waals surface area (Å²) >= 11 is 5.66. The van der Waals surface area contributed by atoms with E-state index in [1.165, 1.54) is 13.2 Å². The summed E-state index contributed by atoms with van der Waals surface area (Å²) in [4.78, 5) is 13.3. The number of nitrogens with two attached hydrogens (primary N) is 1. The Morgan fingerprint density at radius 1 is 1.42 bits per heavy atom. The van der Waals surface area contributed by atoms with E-state index in [9.17, 15) is 13.6 Å². The quantitative estimate of drug-likeness (QED) is 0.462. The van der Waals surface area contributed by atoms with Gasteiger partial charge in [-0.05, 0) is 49.8 Å². The van der Waals surface area contributed by atoms with E-state index in [2.05, 4.69) is 9.84 Å². The molecule has 0 aliphatic carbocycles. The van der Waals surface area contributed by atoms with Crippen LogP contribution in [0.5, 0.6) is 11.5 Å². The number of halogens is 2. The van der Waals surface area contributed by atoms with E-state index in [0.29, 0.717) is 36.8 Å². The Kier molecular flexibility index (Phi) is 8.75. The molecule has 1 atom stereocenters. The van der Waals surface area contributed by atoms with Gasteiger partial charge in [0.1, 0.15) is 5.82 Å². The van der Waals surface area contributed by atoms with Gasteiger partial charge in [0.15, 0.2) is 16.3 Å². The molecule has 1 fully saturated rings. The summed E-state index contributed by atoms with van der Waals surface area (Å²) in [5, 5.41) is 4.63. The molecule has 1 unspecified atom stereocenters. The zero-order valence-corrected chi connectivity index (χ0v) is 19.5. The highest BCUT2D eigenvalue weighted by Gasteiger charge is 2.21. The highest BCUT2D eigenvalue weighted by molar-refractivity contribution is 7.71. The second-order valence-corrected chi connectivity index (χ2v) is 8.29. The first kappa shape index (κ1) is 25.1. The maximum Gasteiger partial charge on any atom is 0.387 e. The lowest BCUT2D eigenvalue weighted by molar-refractivity contribution is -0.118. The third-order valence-corrected chi connectivity index (χ3v) is 5.71. The van der Waals surface area contributed by atoms with Crippen LogP contribution < -0.4 is 15.2 Å². The third kappa shape index (κ3) is 6.95. The Bertz CT molecular complexity index is 1010. The van der Waals surface area contributed by atoms with Crippen molar-refractivity contribution in [1.82, 2.24) is 19.2 Å². The number of benzene rings is 1. The average molecular weight is 486 g/mol. The number of ether oxygens (including phenoxy) is 3. The van der Waals surface area contributed by atoms with Gasteiger partial charge in [0.25, 0.3) is 0 Å². The molecular formula is C21H29F2N5O4S. The molecule has 3 rings (SSSR count). The van der Waals surface area contributed by atoms with Crippen molar-refractivity contribution in [3.63, 3.8) is 0 Å². The van der Waals surface area contributed by atoms with E-state index >= 15 is 0 Å². The van der Waals surface area contributed by atoms with Crippen molar-refractivity contribution in [2.24, 2.45) is 5.73 Å². The van der Waals surface area contributed by atoms with Crippen molar-refractivity contribution in [3.8, 4) is 11.5 Å². The average Bonchev–Trinajstić information content (AvgIpc) is 3.37. The predicted molar refractivity (Wildman–Crippen MR) is 119 cm³/mol. The predicted octanol–water partition coefficient (Wildman–Crippen LogP) is 2.71. The van der Waals surface area contributed by atoms with E-state index in [0.717, 1.165) is 25.0 Å². The maximum absolute atomic E-state index is 12.5. The Morgan fingerprint density at radius 2 is 2.21 bits per heavy atom. The number of nitrogens with zero attached hydrogens (tertiary/aromatic N) is 4. The molecule has 0 saturated carbocycles. The summed E-state index contributed by atoms with van der Waals surface area (Å²) in [5.41, 5.74) is 6.17. The molecular weight excluding hydrogens is 456 g/mol. The molecule has 1 aliphatic heterocycles. The topological polar surface area (TPSA) is 96.8 Å². The number of carbonyl (C=O) groups is 1. The summed E-state index contributed by atoms with van der Waals surface area (Å²) in [6.45, 7) is -0.737. The molecule has 1 aromatic carbocycles. The Hall–Kier alpha value is -2.57. The summed E-state index contributed by atoms with van der Waals surface area (Å²) in [7, 11) is 3.29. The molecule has 182 valence electrons. The first-order chi connectivity index (χ1) is 15.8. The van der Waals surface area contributed by atoms with Crippen LogP contribution in [0.2, 0.25) is 0 Å². The van der Waals surface area contributed by atoms with Gasteiger partial charge in [0.2, 0.25) is 5.91 Å². The highest BCUT2D eigenvalue weighted by Crippen LogP contribution is 2.29. The molecule has 2 N–H and O–H groups in total. The standard InChI is InChI=1S/C21H29F2N5O4S/c1-26(11-14-5-6-16(32-20(22)23)17(10-14)30-2)13-28-21(33)27(12-15-4-3-9-31-15)19(25-28)8-7-18(24)29/h5-6,10,15,20H,3-4,7-9,11-13H2,1-2H3,(H2,24,29). The second-order valence-electron chi connectivity index (χ2n) is 7.93. The number of amides is 1. The molecule has 0 bridgehead atoms. The number of primary amides is 1. The van der Waals surface area contributed by atoms with E-state index < -0.39 is 12.5 Å². The van der Waals surface area contributed by atoms with Gasteiger partial charge < -0.3 is 24.5 Å². The number of hydrogen-bond acceptors (Lipinski definition) is 7. The Labute approximate surface area is 196 Å². The zero-order chi connectivity index (χ0) is 24.0. The number of alkyl halides is 2. The highest BCUT2D eigenvalue weighted by atomic mass is 32.1. The maximum atomic E-state index is 12.5. The van der Waals surface area contributed by atoms with Crippen molar-refractivity contribution in [3.05, 3.63) is 34.4 Å². The smallest absolute Gasteiger partial charge is 0.387 e. The normalized spacial score (nSPS) is 16.0. The van der Waals surface area contributed by atoms with Crippen molar-refractivity contribution in [2.45, 2.75) is 58.2 Å². The molecule has 2 aromatic rings. The van der Waals surface area contributed by atoms with Gasteiger partial charge in [-0.3, -0.25) is 9.69 Å². The molecule has 1 aliphatic rings. The van der Waals surface area contributed by atoms with E-state index in [4.69, 9.17) is 27.4 Å². The van der Waals surface area contributed by atoms with Crippen molar-refractivity contribution >= 4 is 18.1 Å². The zero-order valence-electron chi connectivity index (χ0n) is 18.7. The van der Waals surface area contributed by atoms with Crippen molar-refractivity contribution in [1.29, 1.82) is 0 Å². The summed E-state index contributed by atoms with van der Waals surface area (Å²) in [5.74, 6) is 0.503. The first-order valence-corrected chi connectivity index (χ1v) is 11.0. The SMILES string of the molecule is COc1cc(CN(C)Cn2nc(CCC(N)=O)n(CC3CCCO3)c2=S)ccc1OC(F)F. The van der Waals surface area contributed by atoms with Gasteiger partial charge in [-0.2, -0.15) is 13.9 Å². The fourth-order valence-corrected chi connectivity index (χ4v) is 4.05. The summed E-state index contributed by atoms with van der Waals surface area (Å²) < 4.78 is 44.6. The minimum atomic E-state index is -2.93. The Morgan fingerprint density at radius 3 is 2.85 bits per heavy atom. The Balaban J connectivity index is 1.73. The molecule has 2 heterocycles. The number of aryl methyl sites for hydroxylation is 1. The first-order valence-electron chi connectivity index (χ1n) is 10.6. The number of carbonyl (C=O) groups excluding carboxylic acids is 1. The van der Waals surface area contributed by atoms with Gasteiger partial charge in [-0.15, -0.1) is 0 Å². The van der Waals surface area contributed by atoms with Crippen molar-refractivity contribution < 1.29 is 27.8 Å². The van der Waals surface area contributed by atoms with Crippen LogP contribution >= 0.6 is 12.2 Å². The molecule has 1 amide bonds. The van der Waals surface area contributed by atoms with Crippen LogP contribution in [-0.4, -0.2) is 58.6 Å². The minimum Gasteiger partial charge on any atom is -0.493 e. The lowest BCUT2D eigenvalue weighted by Gasteiger charge is -2.18. The monoisotopic (exact) mass is 485 g/mol. The molecule has 1 saturated heterocycles. The summed E-state index contributed by atoms with van der Waals surface area (Å²) in [6, 6.07) is 4.81. The fraction of sp³-hybridized carbons (Fsp3) is 0.571. The second kappa shape index (κ2) is 11.5. The molecule has 0 spiro atoms. The van der Waals surface area contributed by atoms with E-state index in [1.54, 1.807) is 16.8 Å². The number of methoxy groups -OCH3 is 1. The molecule has 12 heteroatoms. The number of hydrogen-bond donors (Lipinski definition) is 1.